The van der Waals surface area contributed by atoms with E-state index in [1.54, 1.807) is 6.07 Å². The number of anilines is 1. The van der Waals surface area contributed by atoms with Gasteiger partial charge in [0.2, 0.25) is 15.9 Å². The van der Waals surface area contributed by atoms with Crippen LogP contribution in [0, 0.1) is 13.8 Å². The van der Waals surface area contributed by atoms with Crippen molar-refractivity contribution in [1.29, 1.82) is 0 Å². The maximum Gasteiger partial charge on any atom is 0.238 e. The monoisotopic (exact) mass is 404 g/mol. The van der Waals surface area contributed by atoms with Gasteiger partial charge in [-0.2, -0.15) is 0 Å². The van der Waals surface area contributed by atoms with Crippen LogP contribution in [0.2, 0.25) is 0 Å². The van der Waals surface area contributed by atoms with Crippen molar-refractivity contribution < 1.29 is 13.2 Å². The Morgan fingerprint density at radius 3 is 2.59 bits per heavy atom. The summed E-state index contributed by atoms with van der Waals surface area (Å²) in [6.45, 7) is 4.01. The molecule has 0 atom stereocenters. The number of aromatic nitrogens is 2. The number of amides is 1. The highest BCUT2D eigenvalue weighted by Gasteiger charge is 2.14. The van der Waals surface area contributed by atoms with Gasteiger partial charge in [-0.15, -0.1) is 0 Å². The summed E-state index contributed by atoms with van der Waals surface area (Å²) in [6.07, 6.45) is 0. The first kappa shape index (κ1) is 19.4. The molecule has 3 N–H and O–H groups in total. The van der Waals surface area contributed by atoms with Crippen molar-refractivity contribution in [2.24, 2.45) is 12.2 Å². The molecule has 1 aromatic heterocycles. The van der Waals surface area contributed by atoms with Crippen molar-refractivity contribution in [1.82, 2.24) is 9.55 Å². The van der Waals surface area contributed by atoms with Gasteiger partial charge in [-0.05, 0) is 55.3 Å². The number of primary sulfonamides is 1. The van der Waals surface area contributed by atoms with Gasteiger partial charge >= 0.3 is 0 Å². The second-order valence-electron chi connectivity index (χ2n) is 6.28. The topological polar surface area (TPSA) is 107 Å². The van der Waals surface area contributed by atoms with Gasteiger partial charge in [-0.3, -0.25) is 4.79 Å². The van der Waals surface area contributed by atoms with E-state index in [0.29, 0.717) is 10.7 Å². The fraction of sp³-hybridized carbons (Fsp3) is 0.222. The fourth-order valence-electron chi connectivity index (χ4n) is 2.61. The molecule has 0 aliphatic carbocycles. The molecule has 1 amide bonds. The molecule has 0 spiro atoms. The second-order valence-corrected chi connectivity index (χ2v) is 8.79. The first-order valence-corrected chi connectivity index (χ1v) is 10.7. The Hall–Kier alpha value is -2.36. The van der Waals surface area contributed by atoms with Gasteiger partial charge in [0.15, 0.2) is 5.16 Å². The van der Waals surface area contributed by atoms with E-state index >= 15 is 0 Å². The van der Waals surface area contributed by atoms with Crippen molar-refractivity contribution in [3.63, 3.8) is 0 Å². The van der Waals surface area contributed by atoms with Gasteiger partial charge in [0.05, 0.1) is 21.7 Å². The number of nitrogens with two attached hydrogens (primary N) is 1. The van der Waals surface area contributed by atoms with Gasteiger partial charge < -0.3 is 9.88 Å². The molecule has 3 aromatic rings. The Balaban J connectivity index is 1.73. The lowest BCUT2D eigenvalue weighted by Crippen LogP contribution is -2.14. The lowest BCUT2D eigenvalue weighted by Gasteiger charge is -2.07. The van der Waals surface area contributed by atoms with Crippen LogP contribution in [0.3, 0.4) is 0 Å². The first-order valence-electron chi connectivity index (χ1n) is 8.14. The van der Waals surface area contributed by atoms with Gasteiger partial charge in [-0.25, -0.2) is 18.5 Å². The number of nitrogens with one attached hydrogen (secondary N) is 1. The summed E-state index contributed by atoms with van der Waals surface area (Å²) in [4.78, 5) is 16.7. The van der Waals surface area contributed by atoms with Crippen LogP contribution in [0.1, 0.15) is 11.1 Å². The van der Waals surface area contributed by atoms with Gasteiger partial charge in [0.1, 0.15) is 0 Å². The highest BCUT2D eigenvalue weighted by Crippen LogP contribution is 2.25. The third kappa shape index (κ3) is 4.32. The Kier molecular flexibility index (Phi) is 5.27. The zero-order chi connectivity index (χ0) is 19.8. The van der Waals surface area contributed by atoms with Gasteiger partial charge in [0.25, 0.3) is 0 Å². The Labute approximate surface area is 162 Å². The molecule has 1 heterocycles. The zero-order valence-electron chi connectivity index (χ0n) is 15.2. The van der Waals surface area contributed by atoms with E-state index in [2.05, 4.69) is 10.3 Å². The van der Waals surface area contributed by atoms with Crippen LogP contribution in [0.4, 0.5) is 5.69 Å². The molecule has 0 saturated heterocycles. The molecule has 3 rings (SSSR count). The number of rotatable bonds is 5. The van der Waals surface area contributed by atoms with E-state index in [9.17, 15) is 13.2 Å². The number of hydrogen-bond donors (Lipinski definition) is 2. The van der Waals surface area contributed by atoms with Crippen molar-refractivity contribution in [2.45, 2.75) is 23.9 Å². The Morgan fingerprint density at radius 2 is 1.93 bits per heavy atom. The lowest BCUT2D eigenvalue weighted by atomic mass is 10.1. The summed E-state index contributed by atoms with van der Waals surface area (Å²) in [6, 6.07) is 10.3. The Bertz CT molecular complexity index is 1140. The lowest BCUT2D eigenvalue weighted by molar-refractivity contribution is -0.113. The van der Waals surface area contributed by atoms with Crippen LogP contribution in [0.15, 0.2) is 46.5 Å². The molecule has 0 radical (unpaired) electrons. The van der Waals surface area contributed by atoms with E-state index in [4.69, 9.17) is 5.14 Å². The zero-order valence-corrected chi connectivity index (χ0v) is 16.8. The van der Waals surface area contributed by atoms with E-state index < -0.39 is 10.0 Å². The maximum absolute atomic E-state index is 12.2. The molecular weight excluding hydrogens is 384 g/mol. The number of thioether (sulfide) groups is 1. The van der Waals surface area contributed by atoms with E-state index in [1.165, 1.54) is 29.5 Å². The predicted molar refractivity (Wildman–Crippen MR) is 107 cm³/mol. The molecule has 142 valence electrons. The van der Waals surface area contributed by atoms with Gasteiger partial charge in [-0.1, -0.05) is 17.8 Å². The average Bonchev–Trinajstić information content (AvgIpc) is 2.91. The van der Waals surface area contributed by atoms with Crippen LogP contribution in [0.5, 0.6) is 0 Å². The number of aryl methyl sites for hydroxylation is 3. The summed E-state index contributed by atoms with van der Waals surface area (Å²) < 4.78 is 24.8. The quantitative estimate of drug-likeness (QED) is 0.636. The van der Waals surface area contributed by atoms with Crippen molar-refractivity contribution >= 4 is 44.4 Å². The minimum Gasteiger partial charge on any atom is -0.325 e. The predicted octanol–water partition coefficient (Wildman–Crippen LogP) is 2.57. The molecule has 0 unspecified atom stereocenters. The number of fused-ring (bicyclic) bond motifs is 1. The molecule has 0 aliphatic heterocycles. The number of hydrogen-bond acceptors (Lipinski definition) is 5. The average molecular weight is 405 g/mol. The smallest absolute Gasteiger partial charge is 0.238 e. The van der Waals surface area contributed by atoms with Crippen LogP contribution in [-0.4, -0.2) is 29.6 Å². The van der Waals surface area contributed by atoms with Gasteiger partial charge in [0, 0.05) is 12.7 Å². The van der Waals surface area contributed by atoms with Crippen molar-refractivity contribution in [3.05, 3.63) is 47.5 Å². The van der Waals surface area contributed by atoms with Crippen molar-refractivity contribution in [2.75, 3.05) is 11.1 Å². The molecular formula is C18H20N4O3S2. The van der Waals surface area contributed by atoms with Crippen LogP contribution >= 0.6 is 11.8 Å². The molecule has 0 aliphatic rings. The summed E-state index contributed by atoms with van der Waals surface area (Å²) in [7, 11) is -1.97. The van der Waals surface area contributed by atoms with Crippen LogP contribution < -0.4 is 10.5 Å². The van der Waals surface area contributed by atoms with Crippen LogP contribution in [-0.2, 0) is 21.9 Å². The molecule has 0 bridgehead atoms. The Morgan fingerprint density at radius 1 is 1.19 bits per heavy atom. The highest BCUT2D eigenvalue weighted by atomic mass is 32.2. The fourth-order valence-corrected chi connectivity index (χ4v) is 3.93. The molecule has 27 heavy (non-hydrogen) atoms. The normalized spacial score (nSPS) is 11.7. The third-order valence-electron chi connectivity index (χ3n) is 4.26. The number of nitrogens with zero attached hydrogens (tertiary/aromatic N) is 2. The summed E-state index contributed by atoms with van der Waals surface area (Å²) >= 11 is 1.28. The molecule has 0 fully saturated rings. The number of carbonyl (C=O) groups is 1. The number of imidazole rings is 1. The largest absolute Gasteiger partial charge is 0.325 e. The second kappa shape index (κ2) is 7.34. The highest BCUT2D eigenvalue weighted by molar-refractivity contribution is 7.99. The summed E-state index contributed by atoms with van der Waals surface area (Å²) in [5.74, 6) is 0.0482. The minimum atomic E-state index is -3.79. The number of carbonyl (C=O) groups excluding carboxylic acids is 1. The number of benzene rings is 2. The minimum absolute atomic E-state index is 0.0112. The summed E-state index contributed by atoms with van der Waals surface area (Å²) in [5, 5.41) is 8.65. The molecule has 2 aromatic carbocycles. The van der Waals surface area contributed by atoms with E-state index in [-0.39, 0.29) is 16.6 Å². The van der Waals surface area contributed by atoms with E-state index in [0.717, 1.165) is 16.8 Å². The standard InChI is InChI=1S/C18H20N4O3S2/c1-11-4-5-13(8-12(11)2)20-17(23)10-26-18-21-15-9-14(27(19,24)25)6-7-16(15)22(18)3/h4-9H,10H2,1-3H3,(H,20,23)(H2,19,24,25). The summed E-state index contributed by atoms with van der Waals surface area (Å²) in [5.41, 5.74) is 4.31. The van der Waals surface area contributed by atoms with E-state index in [1.807, 2.05) is 43.7 Å². The molecule has 0 saturated carbocycles. The van der Waals surface area contributed by atoms with Crippen molar-refractivity contribution in [3.8, 4) is 0 Å². The van der Waals surface area contributed by atoms with Crippen LogP contribution in [0.25, 0.3) is 11.0 Å². The first-order chi connectivity index (χ1) is 12.6. The molecule has 9 heteroatoms. The SMILES string of the molecule is Cc1ccc(NC(=O)CSc2nc3cc(S(N)(=O)=O)ccc3n2C)cc1C. The third-order valence-corrected chi connectivity index (χ3v) is 6.20. The maximum atomic E-state index is 12.2. The molecule has 7 nitrogen and oxygen atoms in total. The number of sulfonamides is 1.